The lowest BCUT2D eigenvalue weighted by atomic mass is 9.97. The van der Waals surface area contributed by atoms with Crippen LogP contribution in [0.15, 0.2) is 0 Å². The molecule has 1 heterocycles. The highest BCUT2D eigenvalue weighted by Crippen LogP contribution is 2.36. The third kappa shape index (κ3) is 6.69. The van der Waals surface area contributed by atoms with Crippen LogP contribution in [0.5, 0.6) is 0 Å². The van der Waals surface area contributed by atoms with E-state index in [1.165, 1.54) is 0 Å². The van der Waals surface area contributed by atoms with Crippen molar-refractivity contribution in [3.05, 3.63) is 0 Å². The van der Waals surface area contributed by atoms with Crippen LogP contribution in [-0.2, 0) is 23.9 Å². The molecule has 29 heavy (non-hydrogen) atoms. The smallest absolute Gasteiger partial charge is 0.326 e. The van der Waals surface area contributed by atoms with Crippen LogP contribution in [0.2, 0.25) is 0 Å². The summed E-state index contributed by atoms with van der Waals surface area (Å²) in [4.78, 5) is 39.9. The van der Waals surface area contributed by atoms with Gasteiger partial charge >= 0.3 is 11.9 Å². The molecular weight excluding hydrogens is 372 g/mol. The third-order valence-electron chi connectivity index (χ3n) is 5.70. The Morgan fingerprint density at radius 1 is 1.17 bits per heavy atom. The number of carbonyl (C=O) groups is 3. The number of hydrogen-bond acceptors (Lipinski definition) is 6. The Balaban J connectivity index is 2.16. The zero-order chi connectivity index (χ0) is 21.6. The zero-order valence-corrected chi connectivity index (χ0v) is 18.7. The summed E-state index contributed by atoms with van der Waals surface area (Å²) < 4.78 is 10.7. The van der Waals surface area contributed by atoms with Gasteiger partial charge in [-0.05, 0) is 65.7 Å². The van der Waals surface area contributed by atoms with Crippen LogP contribution < -0.4 is 5.32 Å². The average molecular weight is 411 g/mol. The number of fused-ring (bicyclic) bond motifs is 1. The van der Waals surface area contributed by atoms with Crippen LogP contribution in [-0.4, -0.2) is 59.6 Å². The van der Waals surface area contributed by atoms with Gasteiger partial charge in [0.05, 0.1) is 12.6 Å². The van der Waals surface area contributed by atoms with Crippen LogP contribution in [0.3, 0.4) is 0 Å². The van der Waals surface area contributed by atoms with Gasteiger partial charge in [-0.25, -0.2) is 0 Å². The summed E-state index contributed by atoms with van der Waals surface area (Å²) in [5.41, 5.74) is -0.588. The summed E-state index contributed by atoms with van der Waals surface area (Å²) in [6.07, 6.45) is 6.08. The maximum absolute atomic E-state index is 13.4. The van der Waals surface area contributed by atoms with Crippen LogP contribution in [0.1, 0.15) is 79.6 Å². The molecule has 0 radical (unpaired) electrons. The lowest BCUT2D eigenvalue weighted by Crippen LogP contribution is -2.54. The number of hydrogen-bond donors (Lipinski definition) is 1. The fourth-order valence-corrected chi connectivity index (χ4v) is 4.54. The highest BCUT2D eigenvalue weighted by molar-refractivity contribution is 5.87. The average Bonchev–Trinajstić information content (AvgIpc) is 3.04. The molecule has 0 unspecified atom stereocenters. The predicted molar refractivity (Wildman–Crippen MR) is 110 cm³/mol. The normalized spacial score (nSPS) is 25.9. The number of rotatable bonds is 8. The highest BCUT2D eigenvalue weighted by atomic mass is 16.6. The van der Waals surface area contributed by atoms with E-state index >= 15 is 0 Å². The van der Waals surface area contributed by atoms with Crippen molar-refractivity contribution in [2.24, 2.45) is 5.92 Å². The number of carbonyl (C=O) groups excluding carboxylic acids is 3. The SMILES string of the molecule is CCC[C@H](N[C@H]1CC[C@H]2CCC[C@H]2N(CC(=O)OC(C)(C)C)C1=O)C(=O)OCC. The second kappa shape index (κ2) is 10.4. The zero-order valence-electron chi connectivity index (χ0n) is 18.7. The van der Waals surface area contributed by atoms with Gasteiger partial charge in [-0.15, -0.1) is 0 Å². The molecule has 1 aliphatic heterocycles. The minimum atomic E-state index is -0.588. The van der Waals surface area contributed by atoms with Crippen molar-refractivity contribution in [2.75, 3.05) is 13.2 Å². The maximum Gasteiger partial charge on any atom is 0.326 e. The maximum atomic E-state index is 13.4. The second-order valence-electron chi connectivity index (χ2n) is 9.20. The van der Waals surface area contributed by atoms with Gasteiger partial charge in [-0.3, -0.25) is 19.7 Å². The van der Waals surface area contributed by atoms with Crippen molar-refractivity contribution in [1.29, 1.82) is 0 Å². The molecule has 1 saturated carbocycles. The Hall–Kier alpha value is -1.63. The minimum Gasteiger partial charge on any atom is -0.465 e. The van der Waals surface area contributed by atoms with Crippen molar-refractivity contribution >= 4 is 17.8 Å². The topological polar surface area (TPSA) is 84.9 Å². The van der Waals surface area contributed by atoms with Crippen LogP contribution in [0.25, 0.3) is 0 Å². The largest absolute Gasteiger partial charge is 0.465 e. The van der Waals surface area contributed by atoms with Crippen LogP contribution in [0, 0.1) is 5.92 Å². The summed E-state index contributed by atoms with van der Waals surface area (Å²) in [7, 11) is 0. The summed E-state index contributed by atoms with van der Waals surface area (Å²) in [5, 5.41) is 3.25. The molecule has 1 amide bonds. The second-order valence-corrected chi connectivity index (χ2v) is 9.20. The Kier molecular flexibility index (Phi) is 8.49. The van der Waals surface area contributed by atoms with Gasteiger partial charge in [-0.2, -0.15) is 0 Å². The third-order valence-corrected chi connectivity index (χ3v) is 5.70. The quantitative estimate of drug-likeness (QED) is 0.620. The molecule has 2 fully saturated rings. The molecule has 0 aromatic rings. The van der Waals surface area contributed by atoms with Crippen molar-refractivity contribution < 1.29 is 23.9 Å². The fraction of sp³-hybridized carbons (Fsp3) is 0.864. The number of esters is 2. The van der Waals surface area contributed by atoms with Crippen molar-refractivity contribution in [1.82, 2.24) is 10.2 Å². The van der Waals surface area contributed by atoms with E-state index in [1.54, 1.807) is 11.8 Å². The monoisotopic (exact) mass is 410 g/mol. The molecule has 1 N–H and O–H groups in total. The molecule has 1 saturated heterocycles. The summed E-state index contributed by atoms with van der Waals surface area (Å²) in [6.45, 7) is 9.54. The van der Waals surface area contributed by atoms with Gasteiger partial charge in [0.15, 0.2) is 0 Å². The van der Waals surface area contributed by atoms with E-state index in [-0.39, 0.29) is 30.4 Å². The van der Waals surface area contributed by atoms with E-state index in [9.17, 15) is 14.4 Å². The Morgan fingerprint density at radius 2 is 1.90 bits per heavy atom. The molecule has 2 rings (SSSR count). The molecule has 7 nitrogen and oxygen atoms in total. The first kappa shape index (κ1) is 23.6. The predicted octanol–water partition coefficient (Wildman–Crippen LogP) is 2.81. The fourth-order valence-electron chi connectivity index (χ4n) is 4.54. The highest BCUT2D eigenvalue weighted by Gasteiger charge is 2.42. The standard InChI is InChI=1S/C22H38N2O5/c1-6-9-17(21(27)28-7-2)23-16-13-12-15-10-8-11-18(15)24(20(16)26)14-19(25)29-22(3,4)5/h15-18,23H,6-14H2,1-5H3/t15-,16+,17+,18-/m1/s1. The molecule has 4 atom stereocenters. The van der Waals surface area contributed by atoms with Crippen molar-refractivity contribution in [3.63, 3.8) is 0 Å². The number of nitrogens with one attached hydrogen (secondary N) is 1. The number of amides is 1. The van der Waals surface area contributed by atoms with Crippen LogP contribution in [0.4, 0.5) is 0 Å². The molecular formula is C22H38N2O5. The summed E-state index contributed by atoms with van der Waals surface area (Å²) in [6, 6.07) is -0.909. The van der Waals surface area contributed by atoms with E-state index < -0.39 is 17.7 Å². The first-order valence-corrected chi connectivity index (χ1v) is 11.1. The Labute approximate surface area is 174 Å². The number of nitrogens with zero attached hydrogens (tertiary/aromatic N) is 1. The van der Waals surface area contributed by atoms with Gasteiger partial charge < -0.3 is 14.4 Å². The van der Waals surface area contributed by atoms with E-state index in [1.807, 2.05) is 27.7 Å². The van der Waals surface area contributed by atoms with Gasteiger partial charge in [0.2, 0.25) is 5.91 Å². The van der Waals surface area contributed by atoms with Gasteiger partial charge in [0.1, 0.15) is 18.2 Å². The van der Waals surface area contributed by atoms with Gasteiger partial charge in [0.25, 0.3) is 0 Å². The summed E-state index contributed by atoms with van der Waals surface area (Å²) in [5.74, 6) is -0.394. The first-order valence-electron chi connectivity index (χ1n) is 11.1. The summed E-state index contributed by atoms with van der Waals surface area (Å²) >= 11 is 0. The molecule has 0 bridgehead atoms. The first-order chi connectivity index (χ1) is 13.7. The molecule has 0 spiro atoms. The molecule has 1 aliphatic carbocycles. The van der Waals surface area contributed by atoms with Crippen LogP contribution >= 0.6 is 0 Å². The minimum absolute atomic E-state index is 0.0344. The van der Waals surface area contributed by atoms with E-state index in [0.29, 0.717) is 25.4 Å². The lowest BCUT2D eigenvalue weighted by molar-refractivity contribution is -0.160. The van der Waals surface area contributed by atoms with E-state index in [2.05, 4.69) is 5.32 Å². The molecule has 0 aromatic heterocycles. The molecule has 166 valence electrons. The lowest BCUT2D eigenvalue weighted by Gasteiger charge is -2.33. The van der Waals surface area contributed by atoms with E-state index in [4.69, 9.17) is 9.47 Å². The van der Waals surface area contributed by atoms with Gasteiger partial charge in [0, 0.05) is 6.04 Å². The molecule has 7 heteroatoms. The van der Waals surface area contributed by atoms with Gasteiger partial charge in [-0.1, -0.05) is 19.8 Å². The number of ether oxygens (including phenoxy) is 2. The molecule has 2 aliphatic rings. The van der Waals surface area contributed by atoms with E-state index in [0.717, 1.165) is 32.1 Å². The van der Waals surface area contributed by atoms with Crippen molar-refractivity contribution in [2.45, 2.75) is 103 Å². The molecule has 0 aromatic carbocycles. The van der Waals surface area contributed by atoms with Crippen molar-refractivity contribution in [3.8, 4) is 0 Å². The number of likely N-dealkylation sites (tertiary alicyclic amines) is 1. The Morgan fingerprint density at radius 3 is 2.52 bits per heavy atom. The Bertz CT molecular complexity index is 586.